The third kappa shape index (κ3) is 14.2. The van der Waals surface area contributed by atoms with Gasteiger partial charge in [0.15, 0.2) is 267 Å². The van der Waals surface area contributed by atoms with Gasteiger partial charge in [-0.25, -0.2) is 210 Å². The predicted molar refractivity (Wildman–Crippen MR) is 392 cm³/mol. The normalized spacial score (nSPS) is 11.8. The second-order valence-corrected chi connectivity index (χ2v) is 27.9. The average Bonchev–Trinajstić information content (AvgIpc) is 1.53. The molecule has 0 unspecified atom stereocenters. The highest BCUT2D eigenvalue weighted by Gasteiger charge is 2.42. The Morgan fingerprint density at radius 1 is 0.176 bits per heavy atom. The molecule has 9 N–H and O–H groups in total. The third-order valence-electron chi connectivity index (χ3n) is 20.0. The fourth-order valence-corrected chi connectivity index (χ4v) is 13.9. The molecule has 2 aliphatic heterocycles. The standard InChI is InChI=1S/C80H18F40N16/c81-11-2-12(82)36(98)63(35(11)97)121-27-1-10-28(60(123-65-39(101)15(85)4-16(86)40(65)102)59(27)122-64-37(99)13(83)3-14(84)38(64)100)74-128-73(10)129-75-29-30(52(114)56(118)55(117)51(29)113)76(130-75)131-77-31-32(54(116)58(120)57(119)53(31)115)78(132-77)134-80-34-33(79(133-74)136(80)135-70-49(111)25(95)9-26(96)50(70)112)61(124-66-41(103)17(87)5-18(88)42(66)104)71(126-68-45(107)21(91)7-22(92)46(68)108)72(127-69-47(109)23(93)8-24(94)48(69)110)62(34)125-67-43(105)19(89)6-20(90)44(67)106/h1-9,121-127,135H,(H,128,129,130,131,132,133,134). The maximum atomic E-state index is 17.6. The molecule has 56 heteroatoms. The van der Waals surface area contributed by atoms with E-state index in [0.717, 1.165) is 0 Å². The van der Waals surface area contributed by atoms with Gasteiger partial charge in [-0.1, -0.05) is 0 Å². The van der Waals surface area contributed by atoms with Crippen molar-refractivity contribution in [3.8, 4) is 45.6 Å². The van der Waals surface area contributed by atoms with E-state index in [2.05, 4.69) is 29.9 Å². The number of hydrogen-bond donors (Lipinski definition) is 9. The number of benzene rings is 12. The number of fused-ring (bicyclic) bond motifs is 20. The number of H-pyrrole nitrogens is 1. The molecule has 0 radical (unpaired) electrons. The molecule has 0 spiro atoms. The van der Waals surface area contributed by atoms with Gasteiger partial charge in [-0.3, -0.25) is 5.43 Å². The van der Waals surface area contributed by atoms with Crippen LogP contribution in [0.4, 0.5) is 261 Å². The molecule has 15 aromatic rings. The van der Waals surface area contributed by atoms with Crippen LogP contribution in [0.1, 0.15) is 0 Å². The minimum absolute atomic E-state index is 0.209. The fraction of sp³-hybridized carbons (Fsp3) is 0. The highest BCUT2D eigenvalue weighted by Crippen LogP contribution is 2.58. The highest BCUT2D eigenvalue weighted by molar-refractivity contribution is 6.27. The summed E-state index contributed by atoms with van der Waals surface area (Å²) < 4.78 is 660. The molecule has 0 atom stereocenters. The van der Waals surface area contributed by atoms with Crippen molar-refractivity contribution in [3.63, 3.8) is 0 Å². The summed E-state index contributed by atoms with van der Waals surface area (Å²) in [6, 6.07) is -6.07. The fourth-order valence-electron chi connectivity index (χ4n) is 13.9. The van der Waals surface area contributed by atoms with Gasteiger partial charge in [-0.2, -0.15) is 0 Å². The molecule has 12 aromatic carbocycles. The minimum atomic E-state index is -3.22. The minimum Gasteiger partial charge on any atom is -0.349 e. The van der Waals surface area contributed by atoms with Crippen LogP contribution < -0.4 is 42.6 Å². The van der Waals surface area contributed by atoms with E-state index in [1.54, 1.807) is 4.98 Å². The first-order valence-corrected chi connectivity index (χ1v) is 35.9. The van der Waals surface area contributed by atoms with Crippen molar-refractivity contribution in [1.82, 2.24) is 39.6 Å². The Morgan fingerprint density at radius 3 is 0.706 bits per heavy atom. The largest absolute Gasteiger partial charge is 0.349 e. The van der Waals surface area contributed by atoms with E-state index in [1.807, 2.05) is 0 Å². The van der Waals surface area contributed by atoms with Gasteiger partial charge in [0.05, 0.1) is 78.0 Å². The summed E-state index contributed by atoms with van der Waals surface area (Å²) in [6.45, 7) is 0. The van der Waals surface area contributed by atoms with Crippen molar-refractivity contribution in [1.29, 1.82) is 0 Å². The van der Waals surface area contributed by atoms with Gasteiger partial charge in [-0.05, 0) is 6.07 Å². The highest BCUT2D eigenvalue weighted by atomic mass is 19.2. The Labute approximate surface area is 718 Å². The first-order valence-electron chi connectivity index (χ1n) is 35.9. The topological polar surface area (TPSA) is 194 Å². The van der Waals surface area contributed by atoms with Crippen LogP contribution in [0.15, 0.2) is 54.6 Å². The predicted octanol–water partition coefficient (Wildman–Crippen LogP) is 26.0. The summed E-state index contributed by atoms with van der Waals surface area (Å²) in [7, 11) is 0. The summed E-state index contributed by atoms with van der Waals surface area (Å²) in [5.41, 5.74) is -55.0. The lowest BCUT2D eigenvalue weighted by molar-refractivity contribution is 0.412. The van der Waals surface area contributed by atoms with Crippen LogP contribution in [0.2, 0.25) is 0 Å². The summed E-state index contributed by atoms with van der Waals surface area (Å²) in [4.78, 5) is 24.2. The van der Waals surface area contributed by atoms with E-state index < -0.39 is 461 Å². The molecule has 136 heavy (non-hydrogen) atoms. The molecule has 0 aliphatic carbocycles. The molecular weight excluding hydrogens is 1940 g/mol. The molecule has 0 fully saturated rings. The molecule has 0 amide bonds. The Morgan fingerprint density at radius 2 is 0.404 bits per heavy atom. The monoisotopic (exact) mass is 1960 g/mol. The van der Waals surface area contributed by atoms with Crippen LogP contribution in [0.3, 0.4) is 0 Å². The Hall–Kier alpha value is -16.4. The van der Waals surface area contributed by atoms with E-state index in [9.17, 15) is 0 Å². The Balaban J connectivity index is 1.26. The van der Waals surface area contributed by atoms with Gasteiger partial charge in [0.2, 0.25) is 0 Å². The SMILES string of the molecule is Fc1cc(F)c(F)c(Nc2cc3c(c(Nc4c(F)c(F)cc(F)c4F)c2Nc2c(F)c(F)cc(F)c2F)-c2nc-3nc3[nH]c(nc4nc(nc5c6c(Nc7c(F)c(F)cc(F)c7F)c(Nc7c(F)c(F)cc(F)c7F)c(Nc7c(F)c(F)cc(F)c7F)c(Nc7c(F)c(F)cc(F)c7F)c6c(n2)n5Nc2c(F)c(F)cc(F)c2F)-c2c(F)c(F)c(F)c(F)c2-4)c2c(F)c(F)c(F)c(F)c32)c1F. The van der Waals surface area contributed by atoms with Crippen molar-refractivity contribution in [2.24, 2.45) is 0 Å². The zero-order valence-corrected chi connectivity index (χ0v) is 63.4. The van der Waals surface area contributed by atoms with Crippen molar-refractivity contribution in [2.75, 3.05) is 42.6 Å². The lowest BCUT2D eigenvalue weighted by atomic mass is 10.0. The number of aromatic amines is 1. The van der Waals surface area contributed by atoms with E-state index >= 15 is 176 Å². The van der Waals surface area contributed by atoms with E-state index in [4.69, 9.17) is 0 Å². The van der Waals surface area contributed by atoms with Crippen molar-refractivity contribution in [2.45, 2.75) is 0 Å². The molecule has 5 heterocycles. The first-order chi connectivity index (χ1) is 64.0. The average molecular weight is 1960 g/mol. The summed E-state index contributed by atoms with van der Waals surface area (Å²) in [5, 5.41) is 0.0599. The van der Waals surface area contributed by atoms with Gasteiger partial charge < -0.3 is 42.2 Å². The van der Waals surface area contributed by atoms with Crippen molar-refractivity contribution < 1.29 is 176 Å². The molecule has 0 saturated heterocycles. The van der Waals surface area contributed by atoms with Gasteiger partial charge in [0.1, 0.15) is 56.8 Å². The molecule has 0 saturated carbocycles. The van der Waals surface area contributed by atoms with Gasteiger partial charge in [0.25, 0.3) is 0 Å². The quantitative estimate of drug-likeness (QED) is 0.0252. The van der Waals surface area contributed by atoms with E-state index in [-0.39, 0.29) is 6.07 Å². The number of rotatable bonds is 16. The number of nitrogens with one attached hydrogen (secondary N) is 9. The number of halogens is 40. The lowest BCUT2D eigenvalue weighted by Gasteiger charge is -2.25. The van der Waals surface area contributed by atoms with Crippen molar-refractivity contribution >= 4 is 129 Å². The van der Waals surface area contributed by atoms with Gasteiger partial charge in [0, 0.05) is 54.1 Å². The van der Waals surface area contributed by atoms with Crippen LogP contribution in [-0.2, 0) is 0 Å². The molecule has 17 rings (SSSR count). The number of hydrogen-bond acceptors (Lipinski definition) is 14. The van der Waals surface area contributed by atoms with Gasteiger partial charge >= 0.3 is 0 Å². The number of nitrogens with zero attached hydrogens (tertiary/aromatic N) is 7. The second kappa shape index (κ2) is 32.8. The van der Waals surface area contributed by atoms with Crippen LogP contribution in [0, 0.1) is 233 Å². The summed E-state index contributed by atoms with van der Waals surface area (Å²) in [5.74, 6) is -125. The zero-order chi connectivity index (χ0) is 98.5. The number of aromatic nitrogens is 8. The van der Waals surface area contributed by atoms with Crippen LogP contribution >= 0.6 is 0 Å². The maximum Gasteiger partial charge on any atom is 0.198 e. The Kier molecular flexibility index (Phi) is 22.1. The Bertz CT molecular complexity index is 7950. The van der Waals surface area contributed by atoms with Crippen LogP contribution in [0.25, 0.3) is 89.7 Å². The molecule has 8 bridgehead atoms. The lowest BCUT2D eigenvalue weighted by Crippen LogP contribution is -2.15. The van der Waals surface area contributed by atoms with Crippen LogP contribution in [0.5, 0.6) is 0 Å². The molecule has 16 nitrogen and oxygen atoms in total. The smallest absolute Gasteiger partial charge is 0.198 e. The third-order valence-corrected chi connectivity index (χ3v) is 20.0. The molecule has 3 aromatic heterocycles. The zero-order valence-electron chi connectivity index (χ0n) is 63.4. The number of anilines is 15. The molecule has 698 valence electrons. The first kappa shape index (κ1) is 91.5. The molecule has 2 aliphatic rings. The van der Waals surface area contributed by atoms with E-state index in [0.29, 0.717) is 0 Å². The summed E-state index contributed by atoms with van der Waals surface area (Å²) >= 11 is 0. The summed E-state index contributed by atoms with van der Waals surface area (Å²) in [6.07, 6.45) is 0. The maximum absolute atomic E-state index is 17.6. The van der Waals surface area contributed by atoms with Gasteiger partial charge in [-0.15, -0.1) is 0 Å². The molecular formula is C80H18F40N16. The van der Waals surface area contributed by atoms with E-state index in [1.165, 1.54) is 42.6 Å². The van der Waals surface area contributed by atoms with Crippen LogP contribution in [-0.4, -0.2) is 39.6 Å². The second-order valence-electron chi connectivity index (χ2n) is 27.9. The van der Waals surface area contributed by atoms with Crippen molar-refractivity contribution in [3.05, 3.63) is 287 Å².